The van der Waals surface area contributed by atoms with Crippen molar-refractivity contribution in [2.45, 2.75) is 18.6 Å². The molecule has 0 unspecified atom stereocenters. The van der Waals surface area contributed by atoms with E-state index in [1.165, 1.54) is 18.1 Å². The van der Waals surface area contributed by atoms with Crippen LogP contribution in [0.3, 0.4) is 0 Å². The van der Waals surface area contributed by atoms with Crippen LogP contribution in [0.5, 0.6) is 0 Å². The highest BCUT2D eigenvalue weighted by Gasteiger charge is 2.19. The molecule has 12 heteroatoms. The van der Waals surface area contributed by atoms with Gasteiger partial charge in [-0.25, -0.2) is 9.78 Å². The van der Waals surface area contributed by atoms with Crippen molar-refractivity contribution in [2.75, 3.05) is 51.0 Å². The number of hydrogen-bond donors (Lipinski definition) is 2. The number of benzene rings is 1. The summed E-state index contributed by atoms with van der Waals surface area (Å²) in [4.78, 5) is 43.7. The van der Waals surface area contributed by atoms with Crippen LogP contribution < -0.4 is 15.8 Å². The van der Waals surface area contributed by atoms with Crippen molar-refractivity contribution in [3.63, 3.8) is 0 Å². The van der Waals surface area contributed by atoms with Crippen LogP contribution in [-0.2, 0) is 20.8 Å². The molecular formula is C22H26N5O6S+. The summed E-state index contributed by atoms with van der Waals surface area (Å²) in [6, 6.07) is 6.28. The Morgan fingerprint density at radius 1 is 1.26 bits per heavy atom. The summed E-state index contributed by atoms with van der Waals surface area (Å²) in [6.07, 6.45) is 0. The van der Waals surface area contributed by atoms with E-state index in [2.05, 4.69) is 15.5 Å². The Hall–Kier alpha value is -3.22. The first kappa shape index (κ1) is 23.9. The molecule has 3 heterocycles. The molecular weight excluding hydrogens is 462 g/mol. The minimum Gasteiger partial charge on any atom is -0.465 e. The van der Waals surface area contributed by atoms with Crippen molar-refractivity contribution in [3.8, 4) is 0 Å². The first-order chi connectivity index (χ1) is 16.4. The Balaban J connectivity index is 1.60. The number of anilines is 1. The van der Waals surface area contributed by atoms with Crippen molar-refractivity contribution in [1.29, 1.82) is 0 Å². The molecule has 1 aromatic carbocycles. The fourth-order valence-corrected chi connectivity index (χ4v) is 4.49. The van der Waals surface area contributed by atoms with Gasteiger partial charge in [-0.15, -0.1) is 0 Å². The summed E-state index contributed by atoms with van der Waals surface area (Å²) in [5, 5.41) is 7.22. The lowest BCUT2D eigenvalue weighted by atomic mass is 10.1. The maximum Gasteiger partial charge on any atom is 0.337 e. The number of aromatic nitrogens is 3. The van der Waals surface area contributed by atoms with Crippen LogP contribution >= 0.6 is 11.8 Å². The number of methoxy groups -OCH3 is 1. The zero-order valence-corrected chi connectivity index (χ0v) is 19.8. The van der Waals surface area contributed by atoms with E-state index in [1.54, 1.807) is 29.7 Å². The van der Waals surface area contributed by atoms with Gasteiger partial charge in [-0.05, 0) is 25.1 Å². The molecule has 34 heavy (non-hydrogen) atoms. The number of esters is 1. The average molecular weight is 489 g/mol. The number of fused-ring (bicyclic) bond motifs is 1. The third kappa shape index (κ3) is 5.64. The molecule has 3 aromatic rings. The molecule has 0 aliphatic carbocycles. The summed E-state index contributed by atoms with van der Waals surface area (Å²) in [5.74, 6) is 0.109. The highest BCUT2D eigenvalue weighted by atomic mass is 32.2. The molecule has 2 N–H and O–H groups in total. The van der Waals surface area contributed by atoms with Crippen molar-refractivity contribution >= 4 is 40.4 Å². The lowest BCUT2D eigenvalue weighted by Gasteiger charge is -2.24. The normalized spacial score (nSPS) is 14.3. The molecule has 0 saturated carbocycles. The van der Waals surface area contributed by atoms with Gasteiger partial charge >= 0.3 is 5.97 Å². The van der Waals surface area contributed by atoms with Crippen LogP contribution in [0.1, 0.15) is 16.1 Å². The lowest BCUT2D eigenvalue weighted by molar-refractivity contribution is -0.908. The monoisotopic (exact) mass is 488 g/mol. The Bertz CT molecular complexity index is 1250. The van der Waals surface area contributed by atoms with E-state index in [4.69, 9.17) is 14.0 Å². The van der Waals surface area contributed by atoms with Gasteiger partial charge in [0.05, 0.1) is 55.6 Å². The highest BCUT2D eigenvalue weighted by molar-refractivity contribution is 7.99. The molecule has 0 atom stereocenters. The molecule has 1 aliphatic heterocycles. The fourth-order valence-electron chi connectivity index (χ4n) is 3.67. The Morgan fingerprint density at radius 3 is 2.76 bits per heavy atom. The molecule has 1 aliphatic rings. The molecule has 1 fully saturated rings. The SMILES string of the molecule is COC(=O)c1ccc2c(=O)n(CC[NH+]3CCOCC3)c(SCC(=O)Nc3cc(C)on3)nc2c1. The summed E-state index contributed by atoms with van der Waals surface area (Å²) in [5.41, 5.74) is 0.453. The predicted molar refractivity (Wildman–Crippen MR) is 124 cm³/mol. The number of aryl methyl sites for hydroxylation is 1. The first-order valence-corrected chi connectivity index (χ1v) is 11.8. The van der Waals surface area contributed by atoms with E-state index in [0.717, 1.165) is 31.4 Å². The predicted octanol–water partition coefficient (Wildman–Crippen LogP) is 0.125. The van der Waals surface area contributed by atoms with Gasteiger partial charge in [-0.1, -0.05) is 16.9 Å². The Morgan fingerprint density at radius 2 is 2.06 bits per heavy atom. The van der Waals surface area contributed by atoms with Gasteiger partial charge in [0.15, 0.2) is 11.0 Å². The number of morpholine rings is 1. The number of carbonyl (C=O) groups is 2. The van der Waals surface area contributed by atoms with E-state index in [1.807, 2.05) is 0 Å². The van der Waals surface area contributed by atoms with E-state index in [-0.39, 0.29) is 17.2 Å². The third-order valence-electron chi connectivity index (χ3n) is 5.46. The largest absolute Gasteiger partial charge is 0.465 e. The topological polar surface area (TPSA) is 130 Å². The smallest absolute Gasteiger partial charge is 0.337 e. The van der Waals surface area contributed by atoms with Crippen LogP contribution in [0.25, 0.3) is 10.9 Å². The number of nitrogens with one attached hydrogen (secondary N) is 2. The average Bonchev–Trinajstić information content (AvgIpc) is 3.26. The molecule has 11 nitrogen and oxygen atoms in total. The van der Waals surface area contributed by atoms with Crippen LogP contribution in [-0.4, -0.2) is 72.3 Å². The molecule has 2 aromatic heterocycles. The molecule has 1 saturated heterocycles. The number of quaternary nitrogens is 1. The van der Waals surface area contributed by atoms with Crippen molar-refractivity contribution in [1.82, 2.24) is 14.7 Å². The number of nitrogens with zero attached hydrogens (tertiary/aromatic N) is 3. The molecule has 0 bridgehead atoms. The van der Waals surface area contributed by atoms with Gasteiger partial charge in [0.1, 0.15) is 18.8 Å². The first-order valence-electron chi connectivity index (χ1n) is 10.8. The lowest BCUT2D eigenvalue weighted by Crippen LogP contribution is -3.14. The second-order valence-electron chi connectivity index (χ2n) is 7.85. The minimum absolute atomic E-state index is 0.0188. The van der Waals surface area contributed by atoms with Crippen LogP contribution in [0.2, 0.25) is 0 Å². The number of ether oxygens (including phenoxy) is 2. The van der Waals surface area contributed by atoms with Crippen LogP contribution in [0.4, 0.5) is 5.82 Å². The third-order valence-corrected chi connectivity index (χ3v) is 6.43. The van der Waals surface area contributed by atoms with E-state index in [0.29, 0.717) is 53.0 Å². The van der Waals surface area contributed by atoms with Crippen molar-refractivity contribution < 1.29 is 28.5 Å². The fraction of sp³-hybridized carbons (Fsp3) is 0.409. The van der Waals surface area contributed by atoms with Gasteiger partial charge < -0.3 is 24.2 Å². The number of amides is 1. The van der Waals surface area contributed by atoms with Crippen LogP contribution in [0, 0.1) is 6.92 Å². The number of rotatable bonds is 8. The molecule has 4 rings (SSSR count). The number of hydrogen-bond acceptors (Lipinski definition) is 9. The zero-order valence-electron chi connectivity index (χ0n) is 19.0. The molecule has 1 amide bonds. The van der Waals surface area contributed by atoms with Gasteiger partial charge in [0.2, 0.25) is 5.91 Å². The summed E-state index contributed by atoms with van der Waals surface area (Å²) in [7, 11) is 1.29. The molecule has 0 radical (unpaired) electrons. The maximum absolute atomic E-state index is 13.3. The Kier molecular flexibility index (Phi) is 7.60. The van der Waals surface area contributed by atoms with Gasteiger partial charge in [-0.3, -0.25) is 14.2 Å². The second-order valence-corrected chi connectivity index (χ2v) is 8.79. The molecule has 0 spiro atoms. The van der Waals surface area contributed by atoms with Gasteiger partial charge in [0, 0.05) is 6.07 Å². The quantitative estimate of drug-likeness (QED) is 0.258. The van der Waals surface area contributed by atoms with Crippen molar-refractivity contribution in [3.05, 3.63) is 45.9 Å². The standard InChI is InChI=1S/C22H25N5O6S/c1-14-11-18(25-33-14)24-19(28)13-34-22-23-17-12-15(21(30)31-2)3-4-16(17)20(29)27(22)6-5-26-7-9-32-10-8-26/h3-4,11-12H,5-10,13H2,1-2H3,(H,24,25,28)/p+1. The minimum atomic E-state index is -0.514. The summed E-state index contributed by atoms with van der Waals surface area (Å²) >= 11 is 1.15. The van der Waals surface area contributed by atoms with Gasteiger partial charge in [0.25, 0.3) is 5.56 Å². The summed E-state index contributed by atoms with van der Waals surface area (Å²) in [6.45, 7) is 6.05. The molecule has 180 valence electrons. The van der Waals surface area contributed by atoms with E-state index < -0.39 is 5.97 Å². The zero-order chi connectivity index (χ0) is 24.1. The number of thioether (sulfide) groups is 1. The number of carbonyl (C=O) groups excluding carboxylic acids is 2. The maximum atomic E-state index is 13.3. The Labute approximate surface area is 199 Å². The second kappa shape index (κ2) is 10.8. The van der Waals surface area contributed by atoms with E-state index >= 15 is 0 Å². The highest BCUT2D eigenvalue weighted by Crippen LogP contribution is 2.20. The van der Waals surface area contributed by atoms with Crippen molar-refractivity contribution in [2.24, 2.45) is 0 Å². The van der Waals surface area contributed by atoms with Gasteiger partial charge in [-0.2, -0.15) is 0 Å². The van der Waals surface area contributed by atoms with E-state index in [9.17, 15) is 14.4 Å². The van der Waals surface area contributed by atoms with Crippen LogP contribution in [0.15, 0.2) is 38.7 Å². The summed E-state index contributed by atoms with van der Waals surface area (Å²) < 4.78 is 16.7.